The van der Waals surface area contributed by atoms with Crippen molar-refractivity contribution in [2.75, 3.05) is 25.5 Å². The second kappa shape index (κ2) is 6.72. The summed E-state index contributed by atoms with van der Waals surface area (Å²) in [4.78, 5) is 0.247. The molecular formula is C12H20N2O3S. The minimum absolute atomic E-state index is 0.170. The maximum Gasteiger partial charge on any atom is 0.242 e. The van der Waals surface area contributed by atoms with Crippen LogP contribution in [0.4, 0.5) is 5.69 Å². The van der Waals surface area contributed by atoms with Gasteiger partial charge in [-0.25, -0.2) is 13.1 Å². The molecule has 0 unspecified atom stereocenters. The topological polar surface area (TPSA) is 67.4 Å². The predicted molar refractivity (Wildman–Crippen MR) is 72.3 cm³/mol. The minimum Gasteiger partial charge on any atom is -0.382 e. The standard InChI is InChI=1S/C12H20N2O3S/c1-10(2)17-9-8-14-11-6-4-5-7-12(11)18(15,16)13-3/h4-7,10,13-14H,8-9H2,1-3H3. The monoisotopic (exact) mass is 272 g/mol. The molecule has 0 aliphatic carbocycles. The average Bonchev–Trinajstić information content (AvgIpc) is 2.35. The van der Waals surface area contributed by atoms with Crippen LogP contribution in [0.25, 0.3) is 0 Å². The van der Waals surface area contributed by atoms with Crippen LogP contribution < -0.4 is 10.0 Å². The molecule has 0 spiro atoms. The summed E-state index contributed by atoms with van der Waals surface area (Å²) in [5.74, 6) is 0. The Morgan fingerprint density at radius 3 is 2.56 bits per heavy atom. The number of hydrogen-bond acceptors (Lipinski definition) is 4. The van der Waals surface area contributed by atoms with Gasteiger partial charge >= 0.3 is 0 Å². The van der Waals surface area contributed by atoms with Crippen molar-refractivity contribution in [1.82, 2.24) is 4.72 Å². The van der Waals surface area contributed by atoms with Crippen LogP contribution in [0.5, 0.6) is 0 Å². The first-order valence-electron chi connectivity index (χ1n) is 5.85. The summed E-state index contributed by atoms with van der Waals surface area (Å²) in [6, 6.07) is 6.79. The lowest BCUT2D eigenvalue weighted by Gasteiger charge is -2.13. The van der Waals surface area contributed by atoms with E-state index in [2.05, 4.69) is 10.0 Å². The summed E-state index contributed by atoms with van der Waals surface area (Å²) >= 11 is 0. The number of benzene rings is 1. The SMILES string of the molecule is CNS(=O)(=O)c1ccccc1NCCOC(C)C. The van der Waals surface area contributed by atoms with Crippen molar-refractivity contribution in [3.8, 4) is 0 Å². The van der Waals surface area contributed by atoms with Crippen molar-refractivity contribution in [3.63, 3.8) is 0 Å². The molecule has 0 saturated heterocycles. The maximum atomic E-state index is 11.8. The fourth-order valence-electron chi connectivity index (χ4n) is 1.44. The lowest BCUT2D eigenvalue weighted by atomic mass is 10.3. The van der Waals surface area contributed by atoms with Gasteiger partial charge in [0.15, 0.2) is 0 Å². The first-order chi connectivity index (χ1) is 8.47. The quantitative estimate of drug-likeness (QED) is 0.737. The Balaban J connectivity index is 2.72. The van der Waals surface area contributed by atoms with Gasteiger partial charge < -0.3 is 10.1 Å². The minimum atomic E-state index is -3.44. The second-order valence-electron chi connectivity index (χ2n) is 4.05. The summed E-state index contributed by atoms with van der Waals surface area (Å²) in [6.45, 7) is 5.01. The van der Waals surface area contributed by atoms with Gasteiger partial charge in [-0.15, -0.1) is 0 Å². The van der Waals surface area contributed by atoms with Gasteiger partial charge in [0.2, 0.25) is 10.0 Å². The number of nitrogens with one attached hydrogen (secondary N) is 2. The molecule has 0 saturated carbocycles. The van der Waals surface area contributed by atoms with Crippen molar-refractivity contribution >= 4 is 15.7 Å². The Kier molecular flexibility index (Phi) is 5.58. The zero-order valence-corrected chi connectivity index (χ0v) is 11.8. The van der Waals surface area contributed by atoms with Gasteiger partial charge in [0.1, 0.15) is 4.90 Å². The van der Waals surface area contributed by atoms with Gasteiger partial charge in [-0.3, -0.25) is 0 Å². The number of hydrogen-bond donors (Lipinski definition) is 2. The molecule has 102 valence electrons. The number of ether oxygens (including phenoxy) is 1. The molecule has 0 atom stereocenters. The molecular weight excluding hydrogens is 252 g/mol. The van der Waals surface area contributed by atoms with E-state index in [-0.39, 0.29) is 11.0 Å². The normalized spacial score (nSPS) is 11.8. The molecule has 0 aliphatic heterocycles. The van der Waals surface area contributed by atoms with E-state index in [9.17, 15) is 8.42 Å². The largest absolute Gasteiger partial charge is 0.382 e. The molecule has 1 aromatic carbocycles. The Bertz CT molecular complexity index is 472. The second-order valence-corrected chi connectivity index (χ2v) is 5.90. The van der Waals surface area contributed by atoms with Gasteiger partial charge in [0.05, 0.1) is 18.4 Å². The molecule has 18 heavy (non-hydrogen) atoms. The zero-order chi connectivity index (χ0) is 13.6. The molecule has 5 nitrogen and oxygen atoms in total. The third kappa shape index (κ3) is 4.29. The van der Waals surface area contributed by atoms with Crippen LogP contribution in [-0.2, 0) is 14.8 Å². The fourth-order valence-corrected chi connectivity index (χ4v) is 2.34. The van der Waals surface area contributed by atoms with Crippen LogP contribution in [0.1, 0.15) is 13.8 Å². The molecule has 0 bridgehead atoms. The molecule has 0 fully saturated rings. The van der Waals surface area contributed by atoms with E-state index >= 15 is 0 Å². The Hall–Kier alpha value is -1.11. The van der Waals surface area contributed by atoms with E-state index in [4.69, 9.17) is 4.74 Å². The number of rotatable bonds is 7. The molecule has 0 aromatic heterocycles. The first-order valence-corrected chi connectivity index (χ1v) is 7.33. The van der Waals surface area contributed by atoms with E-state index < -0.39 is 10.0 Å². The van der Waals surface area contributed by atoms with E-state index in [0.29, 0.717) is 18.8 Å². The summed E-state index contributed by atoms with van der Waals surface area (Å²) in [5.41, 5.74) is 0.583. The van der Waals surface area contributed by atoms with Crippen molar-refractivity contribution in [3.05, 3.63) is 24.3 Å². The summed E-state index contributed by atoms with van der Waals surface area (Å²) in [6.07, 6.45) is 0.170. The maximum absolute atomic E-state index is 11.8. The number of anilines is 1. The van der Waals surface area contributed by atoms with Crippen molar-refractivity contribution < 1.29 is 13.2 Å². The third-order valence-electron chi connectivity index (χ3n) is 2.31. The van der Waals surface area contributed by atoms with Crippen molar-refractivity contribution in [1.29, 1.82) is 0 Å². The summed E-state index contributed by atoms with van der Waals surface area (Å²) < 4.78 is 31.3. The lowest BCUT2D eigenvalue weighted by molar-refractivity contribution is 0.0870. The average molecular weight is 272 g/mol. The zero-order valence-electron chi connectivity index (χ0n) is 10.9. The predicted octanol–water partition coefficient (Wildman–Crippen LogP) is 1.43. The highest BCUT2D eigenvalue weighted by Crippen LogP contribution is 2.19. The van der Waals surface area contributed by atoms with E-state index in [0.717, 1.165) is 0 Å². The van der Waals surface area contributed by atoms with Crippen LogP contribution in [0.2, 0.25) is 0 Å². The van der Waals surface area contributed by atoms with Crippen molar-refractivity contribution in [2.24, 2.45) is 0 Å². The van der Waals surface area contributed by atoms with Crippen LogP contribution in [0.15, 0.2) is 29.2 Å². The lowest BCUT2D eigenvalue weighted by Crippen LogP contribution is -2.21. The Morgan fingerprint density at radius 2 is 1.94 bits per heavy atom. The molecule has 0 heterocycles. The number of sulfonamides is 1. The van der Waals surface area contributed by atoms with Gasteiger partial charge in [-0.1, -0.05) is 12.1 Å². The Labute approximate surface area is 109 Å². The van der Waals surface area contributed by atoms with Gasteiger partial charge in [-0.05, 0) is 33.0 Å². The number of para-hydroxylation sites is 1. The molecule has 0 radical (unpaired) electrons. The molecule has 2 N–H and O–H groups in total. The van der Waals surface area contributed by atoms with E-state index in [1.54, 1.807) is 24.3 Å². The molecule has 1 rings (SSSR count). The summed E-state index contributed by atoms with van der Waals surface area (Å²) in [7, 11) is -2.04. The molecule has 0 aliphatic rings. The molecule has 6 heteroatoms. The van der Waals surface area contributed by atoms with Gasteiger partial charge in [-0.2, -0.15) is 0 Å². The highest BCUT2D eigenvalue weighted by atomic mass is 32.2. The van der Waals surface area contributed by atoms with Gasteiger partial charge in [0.25, 0.3) is 0 Å². The fraction of sp³-hybridized carbons (Fsp3) is 0.500. The third-order valence-corrected chi connectivity index (χ3v) is 3.79. The summed E-state index contributed by atoms with van der Waals surface area (Å²) in [5, 5.41) is 3.06. The van der Waals surface area contributed by atoms with E-state index in [1.165, 1.54) is 7.05 Å². The molecule has 0 amide bonds. The smallest absolute Gasteiger partial charge is 0.242 e. The van der Waals surface area contributed by atoms with Crippen LogP contribution in [0, 0.1) is 0 Å². The van der Waals surface area contributed by atoms with Crippen molar-refractivity contribution in [2.45, 2.75) is 24.8 Å². The van der Waals surface area contributed by atoms with E-state index in [1.807, 2.05) is 13.8 Å². The molecule has 1 aromatic rings. The van der Waals surface area contributed by atoms with Gasteiger partial charge in [0, 0.05) is 6.54 Å². The van der Waals surface area contributed by atoms with Crippen LogP contribution in [-0.4, -0.2) is 34.7 Å². The van der Waals surface area contributed by atoms with Crippen LogP contribution >= 0.6 is 0 Å². The Morgan fingerprint density at radius 1 is 1.28 bits per heavy atom. The first kappa shape index (κ1) is 14.9. The van der Waals surface area contributed by atoms with Crippen LogP contribution in [0.3, 0.4) is 0 Å². The highest BCUT2D eigenvalue weighted by Gasteiger charge is 2.15. The highest BCUT2D eigenvalue weighted by molar-refractivity contribution is 7.89.